The minimum Gasteiger partial charge on any atom is -0.496 e. The number of carbonyl (C=O) groups is 1. The SMILES string of the molecule is COc1ccc(F)cc1C(CN)CC(=O)OC(C)(C)C.Cl. The molecule has 21 heavy (non-hydrogen) atoms. The number of halogens is 2. The Hall–Kier alpha value is -1.33. The molecule has 0 aliphatic carbocycles. The van der Waals surface area contributed by atoms with Gasteiger partial charge in [-0.15, -0.1) is 12.4 Å². The molecule has 1 aromatic rings. The van der Waals surface area contributed by atoms with E-state index in [4.69, 9.17) is 15.2 Å². The van der Waals surface area contributed by atoms with Crippen LogP contribution in [-0.4, -0.2) is 25.2 Å². The molecule has 0 saturated carbocycles. The maximum Gasteiger partial charge on any atom is 0.306 e. The zero-order valence-electron chi connectivity index (χ0n) is 12.8. The van der Waals surface area contributed by atoms with Crippen molar-refractivity contribution in [3.63, 3.8) is 0 Å². The molecule has 4 nitrogen and oxygen atoms in total. The Morgan fingerprint density at radius 3 is 2.48 bits per heavy atom. The lowest BCUT2D eigenvalue weighted by molar-refractivity contribution is -0.155. The van der Waals surface area contributed by atoms with Crippen LogP contribution < -0.4 is 10.5 Å². The van der Waals surface area contributed by atoms with Gasteiger partial charge >= 0.3 is 5.97 Å². The van der Waals surface area contributed by atoms with Crippen LogP contribution in [0.5, 0.6) is 5.75 Å². The van der Waals surface area contributed by atoms with Crippen LogP contribution in [-0.2, 0) is 9.53 Å². The van der Waals surface area contributed by atoms with Gasteiger partial charge in [0, 0.05) is 11.5 Å². The molecule has 0 aliphatic rings. The Morgan fingerprint density at radius 2 is 2.00 bits per heavy atom. The molecule has 0 aromatic heterocycles. The van der Waals surface area contributed by atoms with Crippen molar-refractivity contribution in [3.05, 3.63) is 29.6 Å². The van der Waals surface area contributed by atoms with Gasteiger partial charge in [0.1, 0.15) is 17.2 Å². The minimum atomic E-state index is -0.553. The average molecular weight is 320 g/mol. The number of esters is 1. The molecule has 0 spiro atoms. The Bertz CT molecular complexity index is 474. The normalized spacial score (nSPS) is 12.3. The average Bonchev–Trinajstić information content (AvgIpc) is 2.33. The third-order valence-corrected chi connectivity index (χ3v) is 2.75. The predicted octanol–water partition coefficient (Wildman–Crippen LogP) is 3.03. The summed E-state index contributed by atoms with van der Waals surface area (Å²) in [5, 5.41) is 0. The van der Waals surface area contributed by atoms with E-state index < -0.39 is 5.60 Å². The first-order valence-electron chi connectivity index (χ1n) is 6.52. The van der Waals surface area contributed by atoms with Crippen molar-refractivity contribution in [2.75, 3.05) is 13.7 Å². The molecule has 1 rings (SSSR count). The van der Waals surface area contributed by atoms with Gasteiger partial charge in [0.25, 0.3) is 0 Å². The second-order valence-corrected chi connectivity index (χ2v) is 5.61. The van der Waals surface area contributed by atoms with Crippen LogP contribution in [0.15, 0.2) is 18.2 Å². The van der Waals surface area contributed by atoms with E-state index >= 15 is 0 Å². The number of hydrogen-bond acceptors (Lipinski definition) is 4. The van der Waals surface area contributed by atoms with Gasteiger partial charge in [-0.05, 0) is 45.5 Å². The lowest BCUT2D eigenvalue weighted by Gasteiger charge is -2.22. The second kappa shape index (κ2) is 8.20. The van der Waals surface area contributed by atoms with E-state index in [1.165, 1.54) is 25.3 Å². The fourth-order valence-electron chi connectivity index (χ4n) is 1.93. The van der Waals surface area contributed by atoms with Gasteiger partial charge in [-0.1, -0.05) is 0 Å². The molecule has 1 aromatic carbocycles. The minimum absolute atomic E-state index is 0. The van der Waals surface area contributed by atoms with E-state index in [1.807, 2.05) is 0 Å². The van der Waals surface area contributed by atoms with Crippen molar-refractivity contribution in [1.82, 2.24) is 0 Å². The third-order valence-electron chi connectivity index (χ3n) is 2.75. The topological polar surface area (TPSA) is 61.5 Å². The van der Waals surface area contributed by atoms with Crippen LogP contribution in [0.1, 0.15) is 38.7 Å². The summed E-state index contributed by atoms with van der Waals surface area (Å²) in [6.07, 6.45) is 0.0909. The predicted molar refractivity (Wildman–Crippen MR) is 82.5 cm³/mol. The quantitative estimate of drug-likeness (QED) is 0.847. The summed E-state index contributed by atoms with van der Waals surface area (Å²) in [6.45, 7) is 5.60. The Balaban J connectivity index is 0.00000400. The molecule has 0 heterocycles. The van der Waals surface area contributed by atoms with Crippen molar-refractivity contribution in [3.8, 4) is 5.75 Å². The van der Waals surface area contributed by atoms with Gasteiger partial charge < -0.3 is 15.2 Å². The van der Waals surface area contributed by atoms with Gasteiger partial charge in [0.15, 0.2) is 0 Å². The highest BCUT2D eigenvalue weighted by Gasteiger charge is 2.23. The molecule has 2 N–H and O–H groups in total. The Kier molecular flexibility index (Phi) is 7.68. The summed E-state index contributed by atoms with van der Waals surface area (Å²) >= 11 is 0. The highest BCUT2D eigenvalue weighted by atomic mass is 35.5. The smallest absolute Gasteiger partial charge is 0.306 e. The van der Waals surface area contributed by atoms with E-state index in [0.717, 1.165) is 0 Å². The molecule has 120 valence electrons. The van der Waals surface area contributed by atoms with Crippen molar-refractivity contribution < 1.29 is 18.7 Å². The number of hydrogen-bond donors (Lipinski definition) is 1. The highest BCUT2D eigenvalue weighted by molar-refractivity contribution is 5.85. The summed E-state index contributed by atoms with van der Waals surface area (Å²) in [7, 11) is 1.50. The van der Waals surface area contributed by atoms with Crippen LogP contribution in [0.2, 0.25) is 0 Å². The van der Waals surface area contributed by atoms with E-state index in [0.29, 0.717) is 11.3 Å². The molecular formula is C15H23ClFNO3. The van der Waals surface area contributed by atoms with Crippen molar-refractivity contribution >= 4 is 18.4 Å². The molecular weight excluding hydrogens is 297 g/mol. The molecule has 0 fully saturated rings. The first-order chi connectivity index (χ1) is 9.26. The molecule has 1 atom stereocenters. The van der Waals surface area contributed by atoms with Crippen molar-refractivity contribution in [2.24, 2.45) is 5.73 Å². The number of nitrogens with two attached hydrogens (primary N) is 1. The number of methoxy groups -OCH3 is 1. The fraction of sp³-hybridized carbons (Fsp3) is 0.533. The molecule has 0 amide bonds. The molecule has 0 bridgehead atoms. The van der Waals surface area contributed by atoms with Crippen LogP contribution >= 0.6 is 12.4 Å². The maximum absolute atomic E-state index is 13.4. The lowest BCUT2D eigenvalue weighted by atomic mass is 9.94. The monoisotopic (exact) mass is 319 g/mol. The van der Waals surface area contributed by atoms with Gasteiger partial charge in [-0.3, -0.25) is 4.79 Å². The molecule has 0 radical (unpaired) electrons. The summed E-state index contributed by atoms with van der Waals surface area (Å²) < 4.78 is 23.8. The number of ether oxygens (including phenoxy) is 2. The third kappa shape index (κ3) is 6.31. The van der Waals surface area contributed by atoms with Crippen LogP contribution in [0.4, 0.5) is 4.39 Å². The van der Waals surface area contributed by atoms with Gasteiger partial charge in [0.2, 0.25) is 0 Å². The summed E-state index contributed by atoms with van der Waals surface area (Å²) in [5.41, 5.74) is 5.74. The second-order valence-electron chi connectivity index (χ2n) is 5.61. The number of carbonyl (C=O) groups excluding carboxylic acids is 1. The van der Waals surface area contributed by atoms with E-state index in [9.17, 15) is 9.18 Å². The maximum atomic E-state index is 13.4. The number of benzene rings is 1. The molecule has 1 unspecified atom stereocenters. The Labute approximate surface area is 131 Å². The van der Waals surface area contributed by atoms with Crippen LogP contribution in [0, 0.1) is 5.82 Å². The van der Waals surface area contributed by atoms with Crippen LogP contribution in [0.3, 0.4) is 0 Å². The van der Waals surface area contributed by atoms with E-state index in [2.05, 4.69) is 0 Å². The van der Waals surface area contributed by atoms with E-state index in [-0.39, 0.29) is 43.1 Å². The van der Waals surface area contributed by atoms with Gasteiger partial charge in [-0.25, -0.2) is 4.39 Å². The van der Waals surface area contributed by atoms with Gasteiger partial charge in [0.05, 0.1) is 13.5 Å². The number of rotatable bonds is 5. The summed E-state index contributed by atoms with van der Waals surface area (Å²) in [5.74, 6) is -0.566. The highest BCUT2D eigenvalue weighted by Crippen LogP contribution is 2.30. The van der Waals surface area contributed by atoms with Gasteiger partial charge in [-0.2, -0.15) is 0 Å². The fourth-order valence-corrected chi connectivity index (χ4v) is 1.93. The van der Waals surface area contributed by atoms with E-state index in [1.54, 1.807) is 20.8 Å². The molecule has 6 heteroatoms. The zero-order chi connectivity index (χ0) is 15.3. The van der Waals surface area contributed by atoms with Crippen LogP contribution in [0.25, 0.3) is 0 Å². The standard InChI is InChI=1S/C15H22FNO3.ClH/c1-15(2,3)20-14(18)7-10(9-17)12-8-11(16)5-6-13(12)19-4;/h5-6,8,10H,7,9,17H2,1-4H3;1H. The first-order valence-corrected chi connectivity index (χ1v) is 6.52. The summed E-state index contributed by atoms with van der Waals surface area (Å²) in [4.78, 5) is 11.9. The Morgan fingerprint density at radius 1 is 1.38 bits per heavy atom. The lowest BCUT2D eigenvalue weighted by Crippen LogP contribution is -2.26. The first kappa shape index (κ1) is 19.7. The van der Waals surface area contributed by atoms with Crippen molar-refractivity contribution in [1.29, 1.82) is 0 Å². The summed E-state index contributed by atoms with van der Waals surface area (Å²) in [6, 6.07) is 4.19. The largest absolute Gasteiger partial charge is 0.496 e. The van der Waals surface area contributed by atoms with Crippen molar-refractivity contribution in [2.45, 2.75) is 38.7 Å². The zero-order valence-corrected chi connectivity index (χ0v) is 13.6. The molecule has 0 aliphatic heterocycles. The molecule has 0 saturated heterocycles.